The normalized spacial score (nSPS) is 12.9. The molecule has 0 spiro atoms. The molecule has 0 radical (unpaired) electrons. The third-order valence-corrected chi connectivity index (χ3v) is 5.00. The van der Waals surface area contributed by atoms with E-state index < -0.39 is 35.2 Å². The van der Waals surface area contributed by atoms with Crippen molar-refractivity contribution < 1.29 is 28.2 Å². The highest BCUT2D eigenvalue weighted by molar-refractivity contribution is 6.14. The second-order valence-electron chi connectivity index (χ2n) is 8.75. The Morgan fingerprint density at radius 2 is 1.70 bits per heavy atom. The summed E-state index contributed by atoms with van der Waals surface area (Å²) in [6.07, 6.45) is -0.0852. The number of amides is 2. The monoisotopic (exact) mass is 458 g/mol. The highest BCUT2D eigenvalue weighted by atomic mass is 19.1. The SMILES string of the molecule is CC[C@H](C)[C@H](NC(=O)OC(C)(C)C)C(=O)Nc1ccc(OC)cc1C(=O)c1ccc(F)cc1. The van der Waals surface area contributed by atoms with E-state index in [1.165, 1.54) is 37.4 Å². The molecular formula is C25H31FN2O5. The maximum atomic E-state index is 13.3. The van der Waals surface area contributed by atoms with Crippen molar-refractivity contribution in [3.8, 4) is 5.75 Å². The summed E-state index contributed by atoms with van der Waals surface area (Å²) in [6.45, 7) is 8.93. The van der Waals surface area contributed by atoms with Gasteiger partial charge >= 0.3 is 6.09 Å². The number of carbonyl (C=O) groups excluding carboxylic acids is 3. The molecule has 2 rings (SSSR count). The van der Waals surface area contributed by atoms with Crippen LogP contribution in [0.4, 0.5) is 14.9 Å². The van der Waals surface area contributed by atoms with Crippen molar-refractivity contribution in [3.63, 3.8) is 0 Å². The van der Waals surface area contributed by atoms with E-state index in [9.17, 15) is 18.8 Å². The molecule has 0 saturated heterocycles. The lowest BCUT2D eigenvalue weighted by Gasteiger charge is -2.26. The number of ketones is 1. The van der Waals surface area contributed by atoms with Crippen LogP contribution in [0.25, 0.3) is 0 Å². The summed E-state index contributed by atoms with van der Waals surface area (Å²) in [5, 5.41) is 5.38. The van der Waals surface area contributed by atoms with Crippen LogP contribution in [0.5, 0.6) is 5.75 Å². The Labute approximate surface area is 193 Å². The Morgan fingerprint density at radius 3 is 2.24 bits per heavy atom. The zero-order chi connectivity index (χ0) is 24.8. The van der Waals surface area contributed by atoms with Gasteiger partial charge in [-0.15, -0.1) is 0 Å². The van der Waals surface area contributed by atoms with Gasteiger partial charge in [0.1, 0.15) is 23.2 Å². The number of methoxy groups -OCH3 is 1. The van der Waals surface area contributed by atoms with Crippen LogP contribution in [0.15, 0.2) is 42.5 Å². The summed E-state index contributed by atoms with van der Waals surface area (Å²) in [5.41, 5.74) is -0.0416. The lowest BCUT2D eigenvalue weighted by molar-refractivity contribution is -0.119. The minimum atomic E-state index is -0.888. The highest BCUT2D eigenvalue weighted by Crippen LogP contribution is 2.26. The van der Waals surface area contributed by atoms with Crippen LogP contribution in [0.3, 0.4) is 0 Å². The fourth-order valence-electron chi connectivity index (χ4n) is 3.05. The number of alkyl carbamates (subject to hydrolysis) is 1. The largest absolute Gasteiger partial charge is 0.497 e. The first kappa shape index (κ1) is 25.8. The molecule has 2 atom stereocenters. The summed E-state index contributed by atoms with van der Waals surface area (Å²) < 4.78 is 23.8. The van der Waals surface area contributed by atoms with Crippen LogP contribution in [0, 0.1) is 11.7 Å². The van der Waals surface area contributed by atoms with Crippen molar-refractivity contribution in [2.24, 2.45) is 5.92 Å². The minimum Gasteiger partial charge on any atom is -0.497 e. The fourth-order valence-corrected chi connectivity index (χ4v) is 3.05. The summed E-state index contributed by atoms with van der Waals surface area (Å²) >= 11 is 0. The maximum absolute atomic E-state index is 13.3. The predicted molar refractivity (Wildman–Crippen MR) is 124 cm³/mol. The Balaban J connectivity index is 2.34. The topological polar surface area (TPSA) is 93.7 Å². The first-order valence-electron chi connectivity index (χ1n) is 10.7. The Morgan fingerprint density at radius 1 is 1.06 bits per heavy atom. The first-order valence-corrected chi connectivity index (χ1v) is 10.7. The van der Waals surface area contributed by atoms with Gasteiger partial charge in [-0.25, -0.2) is 9.18 Å². The van der Waals surface area contributed by atoms with Crippen LogP contribution in [0.2, 0.25) is 0 Å². The van der Waals surface area contributed by atoms with E-state index in [0.717, 1.165) is 0 Å². The lowest BCUT2D eigenvalue weighted by Crippen LogP contribution is -2.49. The quantitative estimate of drug-likeness (QED) is 0.547. The predicted octanol–water partition coefficient (Wildman–Crippen LogP) is 4.94. The molecule has 2 N–H and O–H groups in total. The summed E-state index contributed by atoms with van der Waals surface area (Å²) in [6, 6.07) is 8.89. The molecule has 0 aromatic heterocycles. The molecule has 2 aromatic carbocycles. The van der Waals surface area contributed by atoms with Gasteiger partial charge in [0.15, 0.2) is 5.78 Å². The number of nitrogens with one attached hydrogen (secondary N) is 2. The number of halogens is 1. The molecule has 0 saturated carbocycles. The summed E-state index contributed by atoms with van der Waals surface area (Å²) in [7, 11) is 1.46. The molecule has 0 fully saturated rings. The van der Waals surface area contributed by atoms with E-state index in [2.05, 4.69) is 10.6 Å². The first-order chi connectivity index (χ1) is 15.4. The van der Waals surface area contributed by atoms with Crippen molar-refractivity contribution in [1.82, 2.24) is 5.32 Å². The van der Waals surface area contributed by atoms with Gasteiger partial charge < -0.3 is 20.1 Å². The number of anilines is 1. The molecule has 178 valence electrons. The molecule has 0 heterocycles. The summed E-state index contributed by atoms with van der Waals surface area (Å²) in [4.78, 5) is 38.6. The average molecular weight is 459 g/mol. The standard InChI is InChI=1S/C25H31FN2O5/c1-7-15(2)21(28-24(31)33-25(3,4)5)23(30)27-20-13-12-18(32-6)14-19(20)22(29)16-8-10-17(26)11-9-16/h8-15,21H,7H2,1-6H3,(H,27,30)(H,28,31)/t15-,21-/m0/s1. The van der Waals surface area contributed by atoms with E-state index in [0.29, 0.717) is 12.2 Å². The van der Waals surface area contributed by atoms with E-state index in [-0.39, 0.29) is 22.7 Å². The van der Waals surface area contributed by atoms with Gasteiger partial charge in [-0.1, -0.05) is 20.3 Å². The van der Waals surface area contributed by atoms with E-state index in [1.54, 1.807) is 32.9 Å². The van der Waals surface area contributed by atoms with Crippen LogP contribution in [-0.2, 0) is 9.53 Å². The zero-order valence-corrected chi connectivity index (χ0v) is 19.8. The average Bonchev–Trinajstić information content (AvgIpc) is 2.76. The molecule has 0 aliphatic heterocycles. The van der Waals surface area contributed by atoms with Gasteiger partial charge in [0.25, 0.3) is 0 Å². The van der Waals surface area contributed by atoms with Crippen LogP contribution in [-0.4, -0.2) is 36.5 Å². The minimum absolute atomic E-state index is 0.175. The Bertz CT molecular complexity index is 999. The van der Waals surface area contributed by atoms with Crippen molar-refractivity contribution in [2.75, 3.05) is 12.4 Å². The van der Waals surface area contributed by atoms with E-state index in [4.69, 9.17) is 9.47 Å². The molecule has 0 unspecified atom stereocenters. The number of hydrogen-bond acceptors (Lipinski definition) is 5. The fraction of sp³-hybridized carbons (Fsp3) is 0.400. The van der Waals surface area contributed by atoms with E-state index >= 15 is 0 Å². The molecule has 8 heteroatoms. The highest BCUT2D eigenvalue weighted by Gasteiger charge is 2.29. The molecule has 0 aliphatic rings. The molecule has 0 aliphatic carbocycles. The van der Waals surface area contributed by atoms with Gasteiger partial charge in [-0.2, -0.15) is 0 Å². The van der Waals surface area contributed by atoms with Crippen molar-refractivity contribution in [3.05, 3.63) is 59.4 Å². The van der Waals surface area contributed by atoms with Crippen LogP contribution in [0.1, 0.15) is 57.0 Å². The molecule has 33 heavy (non-hydrogen) atoms. The number of carbonyl (C=O) groups is 3. The maximum Gasteiger partial charge on any atom is 0.408 e. The summed E-state index contributed by atoms with van der Waals surface area (Å²) in [5.74, 6) is -1.15. The van der Waals surface area contributed by atoms with Gasteiger partial charge in [0.05, 0.1) is 12.8 Å². The zero-order valence-electron chi connectivity index (χ0n) is 19.8. The molecule has 0 bridgehead atoms. The lowest BCUT2D eigenvalue weighted by atomic mass is 9.97. The second-order valence-corrected chi connectivity index (χ2v) is 8.75. The van der Waals surface area contributed by atoms with E-state index in [1.807, 2.05) is 13.8 Å². The van der Waals surface area contributed by atoms with Gasteiger partial charge in [-0.3, -0.25) is 9.59 Å². The third kappa shape index (κ3) is 7.30. The van der Waals surface area contributed by atoms with Crippen LogP contribution >= 0.6 is 0 Å². The smallest absolute Gasteiger partial charge is 0.408 e. The molecular weight excluding hydrogens is 427 g/mol. The van der Waals surface area contributed by atoms with Crippen molar-refractivity contribution >= 4 is 23.5 Å². The van der Waals surface area contributed by atoms with Gasteiger partial charge in [-0.05, 0) is 69.2 Å². The number of ether oxygens (including phenoxy) is 2. The second kappa shape index (κ2) is 10.9. The molecule has 7 nitrogen and oxygen atoms in total. The number of rotatable bonds is 8. The molecule has 2 amide bonds. The Kier molecular flexibility index (Phi) is 8.56. The number of hydrogen-bond donors (Lipinski definition) is 2. The molecule has 2 aromatic rings. The van der Waals surface area contributed by atoms with Gasteiger partial charge in [0.2, 0.25) is 5.91 Å². The van der Waals surface area contributed by atoms with Gasteiger partial charge in [0, 0.05) is 11.1 Å². The number of benzene rings is 2. The van der Waals surface area contributed by atoms with Crippen molar-refractivity contribution in [2.45, 2.75) is 52.7 Å². The van der Waals surface area contributed by atoms with Crippen LogP contribution < -0.4 is 15.4 Å². The third-order valence-electron chi connectivity index (χ3n) is 5.00. The van der Waals surface area contributed by atoms with Crippen molar-refractivity contribution in [1.29, 1.82) is 0 Å². The Hall–Kier alpha value is -3.42.